The van der Waals surface area contributed by atoms with Gasteiger partial charge in [-0.25, -0.2) is 9.97 Å². The summed E-state index contributed by atoms with van der Waals surface area (Å²) in [4.78, 5) is 8.93. The van der Waals surface area contributed by atoms with Crippen LogP contribution in [0.3, 0.4) is 0 Å². The van der Waals surface area contributed by atoms with Gasteiger partial charge in [0.05, 0.1) is 12.7 Å². The van der Waals surface area contributed by atoms with Crippen molar-refractivity contribution in [1.29, 1.82) is 0 Å². The number of rotatable bonds is 6. The molecular weight excluding hydrogens is 248 g/mol. The second kappa shape index (κ2) is 6.14. The second-order valence-electron chi connectivity index (χ2n) is 5.47. The molecule has 104 valence electrons. The van der Waals surface area contributed by atoms with Crippen LogP contribution < -0.4 is 0 Å². The summed E-state index contributed by atoms with van der Waals surface area (Å²) in [6.07, 6.45) is 8.65. The molecule has 3 heteroatoms. The van der Waals surface area contributed by atoms with E-state index in [9.17, 15) is 0 Å². The Bertz CT molecular complexity index is 590. The summed E-state index contributed by atoms with van der Waals surface area (Å²) in [6, 6.07) is 8.23. The number of ether oxygens (including phenoxy) is 1. The monoisotopic (exact) mass is 268 g/mol. The maximum absolute atomic E-state index is 5.62. The molecule has 0 N–H and O–H groups in total. The van der Waals surface area contributed by atoms with Gasteiger partial charge in [-0.3, -0.25) is 0 Å². The molecule has 0 aromatic carbocycles. The van der Waals surface area contributed by atoms with Crippen LogP contribution in [0.4, 0.5) is 0 Å². The van der Waals surface area contributed by atoms with Crippen LogP contribution in [0.1, 0.15) is 25.0 Å². The van der Waals surface area contributed by atoms with E-state index in [2.05, 4.69) is 28.7 Å². The lowest BCUT2D eigenvalue weighted by Crippen LogP contribution is -2.31. The molecule has 3 rings (SSSR count). The number of pyridine rings is 2. The number of fused-ring (bicyclic) bond motifs is 1. The standard InChI is InChI=1S/C17H20N2O/c1-2-10-20-16-11-13(12-16)5-7-15-8-6-14-4-3-9-18-17(14)19-15/h2-4,6,8-9,13,16H,1,5,7,10-12H2. The Hall–Kier alpha value is -1.74. The summed E-state index contributed by atoms with van der Waals surface area (Å²) >= 11 is 0. The largest absolute Gasteiger partial charge is 0.374 e. The smallest absolute Gasteiger partial charge is 0.159 e. The maximum atomic E-state index is 5.62. The Kier molecular flexibility index (Phi) is 4.07. The summed E-state index contributed by atoms with van der Waals surface area (Å²) in [7, 11) is 0. The lowest BCUT2D eigenvalue weighted by atomic mass is 9.79. The van der Waals surface area contributed by atoms with Crippen LogP contribution in [0.15, 0.2) is 43.1 Å². The van der Waals surface area contributed by atoms with Gasteiger partial charge < -0.3 is 4.74 Å². The molecule has 0 aliphatic heterocycles. The van der Waals surface area contributed by atoms with Gasteiger partial charge in [0.25, 0.3) is 0 Å². The van der Waals surface area contributed by atoms with E-state index in [4.69, 9.17) is 4.74 Å². The van der Waals surface area contributed by atoms with Crippen molar-refractivity contribution in [2.45, 2.75) is 31.8 Å². The molecule has 2 aromatic heterocycles. The predicted molar refractivity (Wildman–Crippen MR) is 80.5 cm³/mol. The highest BCUT2D eigenvalue weighted by Gasteiger charge is 2.29. The molecule has 1 aliphatic rings. The van der Waals surface area contributed by atoms with E-state index < -0.39 is 0 Å². The minimum atomic E-state index is 0.448. The van der Waals surface area contributed by atoms with Crippen molar-refractivity contribution < 1.29 is 4.74 Å². The summed E-state index contributed by atoms with van der Waals surface area (Å²) in [5.74, 6) is 0.783. The third-order valence-corrected chi connectivity index (χ3v) is 3.97. The van der Waals surface area contributed by atoms with E-state index in [0.717, 1.165) is 29.1 Å². The molecule has 1 aliphatic carbocycles. The molecule has 0 radical (unpaired) electrons. The molecule has 0 atom stereocenters. The highest BCUT2D eigenvalue weighted by atomic mass is 16.5. The van der Waals surface area contributed by atoms with Gasteiger partial charge in [0.1, 0.15) is 0 Å². The fraction of sp³-hybridized carbons (Fsp3) is 0.412. The van der Waals surface area contributed by atoms with Gasteiger partial charge in [-0.2, -0.15) is 0 Å². The zero-order valence-corrected chi connectivity index (χ0v) is 11.7. The van der Waals surface area contributed by atoms with Crippen molar-refractivity contribution in [3.63, 3.8) is 0 Å². The van der Waals surface area contributed by atoms with Crippen molar-refractivity contribution in [1.82, 2.24) is 9.97 Å². The molecular formula is C17H20N2O. The minimum Gasteiger partial charge on any atom is -0.374 e. The molecule has 0 saturated heterocycles. The number of hydrogen-bond acceptors (Lipinski definition) is 3. The molecule has 20 heavy (non-hydrogen) atoms. The van der Waals surface area contributed by atoms with Gasteiger partial charge in [0.15, 0.2) is 5.65 Å². The van der Waals surface area contributed by atoms with Crippen molar-refractivity contribution in [2.24, 2.45) is 5.92 Å². The first-order chi connectivity index (χ1) is 9.85. The van der Waals surface area contributed by atoms with Gasteiger partial charge in [-0.15, -0.1) is 6.58 Å². The molecule has 0 spiro atoms. The van der Waals surface area contributed by atoms with E-state index >= 15 is 0 Å². The lowest BCUT2D eigenvalue weighted by molar-refractivity contribution is -0.0192. The summed E-state index contributed by atoms with van der Waals surface area (Å²) < 4.78 is 5.62. The third kappa shape index (κ3) is 3.05. The van der Waals surface area contributed by atoms with Gasteiger partial charge in [-0.1, -0.05) is 6.08 Å². The van der Waals surface area contributed by atoms with E-state index in [-0.39, 0.29) is 0 Å². The Balaban J connectivity index is 1.50. The number of hydrogen-bond donors (Lipinski definition) is 0. The van der Waals surface area contributed by atoms with Gasteiger partial charge in [0.2, 0.25) is 0 Å². The fourth-order valence-corrected chi connectivity index (χ4v) is 2.73. The molecule has 0 amide bonds. The van der Waals surface area contributed by atoms with Crippen LogP contribution >= 0.6 is 0 Å². The molecule has 1 fully saturated rings. The first kappa shape index (κ1) is 13.3. The van der Waals surface area contributed by atoms with E-state index in [1.165, 1.54) is 19.3 Å². The Labute approximate surface area is 119 Å². The predicted octanol–water partition coefficient (Wildman–Crippen LogP) is 3.54. The van der Waals surface area contributed by atoms with Crippen molar-refractivity contribution in [2.75, 3.05) is 6.61 Å². The van der Waals surface area contributed by atoms with Gasteiger partial charge in [-0.05, 0) is 55.9 Å². The van der Waals surface area contributed by atoms with E-state index in [1.807, 2.05) is 18.2 Å². The minimum absolute atomic E-state index is 0.448. The molecule has 0 unspecified atom stereocenters. The Morgan fingerprint density at radius 3 is 3.05 bits per heavy atom. The van der Waals surface area contributed by atoms with Crippen LogP contribution in [0.5, 0.6) is 0 Å². The van der Waals surface area contributed by atoms with Crippen LogP contribution in [0, 0.1) is 5.92 Å². The summed E-state index contributed by atoms with van der Waals surface area (Å²) in [6.45, 7) is 4.35. The number of aryl methyl sites for hydroxylation is 1. The van der Waals surface area contributed by atoms with Crippen LogP contribution in [0.25, 0.3) is 11.0 Å². The average Bonchev–Trinajstić information content (AvgIpc) is 2.45. The topological polar surface area (TPSA) is 35.0 Å². The van der Waals surface area contributed by atoms with Crippen molar-refractivity contribution in [3.8, 4) is 0 Å². The first-order valence-corrected chi connectivity index (χ1v) is 7.28. The van der Waals surface area contributed by atoms with Crippen molar-refractivity contribution in [3.05, 3.63) is 48.8 Å². The second-order valence-corrected chi connectivity index (χ2v) is 5.47. The van der Waals surface area contributed by atoms with Crippen LogP contribution in [0.2, 0.25) is 0 Å². The van der Waals surface area contributed by atoms with E-state index in [1.54, 1.807) is 6.20 Å². The van der Waals surface area contributed by atoms with Crippen molar-refractivity contribution >= 4 is 11.0 Å². The first-order valence-electron chi connectivity index (χ1n) is 7.28. The summed E-state index contributed by atoms with van der Waals surface area (Å²) in [5, 5.41) is 1.11. The summed E-state index contributed by atoms with van der Waals surface area (Å²) in [5.41, 5.74) is 2.00. The van der Waals surface area contributed by atoms with Gasteiger partial charge >= 0.3 is 0 Å². The van der Waals surface area contributed by atoms with Crippen LogP contribution in [-0.4, -0.2) is 22.7 Å². The highest BCUT2D eigenvalue weighted by molar-refractivity contribution is 5.74. The SMILES string of the molecule is C=CCOC1CC(CCc2ccc3cccnc3n2)C1. The van der Waals surface area contributed by atoms with E-state index in [0.29, 0.717) is 12.7 Å². The molecule has 0 bridgehead atoms. The normalized spacial score (nSPS) is 21.6. The lowest BCUT2D eigenvalue weighted by Gasteiger charge is -2.34. The Morgan fingerprint density at radius 2 is 2.20 bits per heavy atom. The third-order valence-electron chi connectivity index (χ3n) is 3.97. The maximum Gasteiger partial charge on any atom is 0.159 e. The van der Waals surface area contributed by atoms with Crippen LogP contribution in [-0.2, 0) is 11.2 Å². The zero-order valence-electron chi connectivity index (χ0n) is 11.7. The molecule has 2 aromatic rings. The molecule has 1 saturated carbocycles. The number of nitrogens with zero attached hydrogens (tertiary/aromatic N) is 2. The average molecular weight is 268 g/mol. The fourth-order valence-electron chi connectivity index (χ4n) is 2.73. The highest BCUT2D eigenvalue weighted by Crippen LogP contribution is 2.33. The Morgan fingerprint density at radius 1 is 1.30 bits per heavy atom. The quantitative estimate of drug-likeness (QED) is 0.752. The molecule has 2 heterocycles. The number of aromatic nitrogens is 2. The zero-order chi connectivity index (χ0) is 13.8. The molecule has 3 nitrogen and oxygen atoms in total. The van der Waals surface area contributed by atoms with Gasteiger partial charge in [0, 0.05) is 17.3 Å².